The third-order valence-electron chi connectivity index (χ3n) is 3.56. The number of aliphatic hydroxyl groups excluding tert-OH is 1. The first kappa shape index (κ1) is 22.2. The van der Waals surface area contributed by atoms with Crippen LogP contribution in [0.1, 0.15) is 104 Å². The standard InChI is InChI=1S/C16H35N.C2H6O/c1-2-3-4-5-6-7-8-9-10-11-12-13-14-15-16-17;1-2-3/h2-17H2,1H3;3H,2H2,1H3. The molecule has 0 aromatic carbocycles. The summed E-state index contributed by atoms with van der Waals surface area (Å²) in [7, 11) is 0. The zero-order valence-electron chi connectivity index (χ0n) is 14.3. The molecule has 2 heteroatoms. The lowest BCUT2D eigenvalue weighted by atomic mass is 10.0. The van der Waals surface area contributed by atoms with Crippen molar-refractivity contribution in [3.8, 4) is 0 Å². The molecule has 0 saturated heterocycles. The molecule has 3 N–H and O–H groups in total. The Bertz CT molecular complexity index is 125. The highest BCUT2D eigenvalue weighted by Gasteiger charge is 1.93. The Hall–Kier alpha value is -0.0800. The molecule has 0 rings (SSSR count). The van der Waals surface area contributed by atoms with Gasteiger partial charge in [-0.3, -0.25) is 0 Å². The molecule has 0 bridgehead atoms. The number of nitrogens with two attached hydrogens (primary N) is 1. The van der Waals surface area contributed by atoms with Crippen LogP contribution in [0.4, 0.5) is 0 Å². The van der Waals surface area contributed by atoms with Crippen molar-refractivity contribution >= 4 is 0 Å². The predicted octanol–water partition coefficient (Wildman–Crippen LogP) is 5.43. The van der Waals surface area contributed by atoms with E-state index < -0.39 is 0 Å². The van der Waals surface area contributed by atoms with Crippen LogP contribution in [0.25, 0.3) is 0 Å². The first-order valence-electron chi connectivity index (χ1n) is 9.14. The van der Waals surface area contributed by atoms with Gasteiger partial charge in [-0.1, -0.05) is 90.4 Å². The summed E-state index contributed by atoms with van der Waals surface area (Å²) in [5.41, 5.74) is 5.47. The summed E-state index contributed by atoms with van der Waals surface area (Å²) in [5.74, 6) is 0. The molecule has 0 fully saturated rings. The Morgan fingerprint density at radius 3 is 1.05 bits per heavy atom. The first-order valence-corrected chi connectivity index (χ1v) is 9.14. The summed E-state index contributed by atoms with van der Waals surface area (Å²) in [5, 5.41) is 7.57. The second kappa shape index (κ2) is 24.0. The Labute approximate surface area is 128 Å². The Morgan fingerprint density at radius 1 is 0.550 bits per heavy atom. The van der Waals surface area contributed by atoms with Crippen molar-refractivity contribution in [2.24, 2.45) is 5.73 Å². The van der Waals surface area contributed by atoms with Crippen molar-refractivity contribution in [3.63, 3.8) is 0 Å². The second-order valence-corrected chi connectivity index (χ2v) is 5.70. The van der Waals surface area contributed by atoms with Gasteiger partial charge in [0.15, 0.2) is 0 Å². The molecule has 20 heavy (non-hydrogen) atoms. The van der Waals surface area contributed by atoms with Gasteiger partial charge in [-0.15, -0.1) is 0 Å². The highest BCUT2D eigenvalue weighted by Crippen LogP contribution is 2.12. The minimum absolute atomic E-state index is 0.250. The molecular formula is C18H41NO. The van der Waals surface area contributed by atoms with Crippen LogP contribution in [0.2, 0.25) is 0 Å². The molecule has 0 aliphatic rings. The monoisotopic (exact) mass is 287 g/mol. The molecule has 0 aliphatic carbocycles. The van der Waals surface area contributed by atoms with Crippen LogP contribution in [-0.2, 0) is 0 Å². The third-order valence-corrected chi connectivity index (χ3v) is 3.56. The zero-order valence-corrected chi connectivity index (χ0v) is 14.3. The fourth-order valence-electron chi connectivity index (χ4n) is 2.34. The number of rotatable bonds is 14. The van der Waals surface area contributed by atoms with Gasteiger partial charge in [0.2, 0.25) is 0 Å². The number of unbranched alkanes of at least 4 members (excludes halogenated alkanes) is 13. The van der Waals surface area contributed by atoms with Crippen molar-refractivity contribution in [2.75, 3.05) is 13.2 Å². The average Bonchev–Trinajstić information content (AvgIpc) is 2.45. The SMILES string of the molecule is CCCCCCCCCCCCCCCCN.CCO. The molecule has 0 aromatic rings. The summed E-state index contributed by atoms with van der Waals surface area (Å²) < 4.78 is 0. The van der Waals surface area contributed by atoms with Gasteiger partial charge in [-0.2, -0.15) is 0 Å². The van der Waals surface area contributed by atoms with E-state index in [1.165, 1.54) is 89.9 Å². The van der Waals surface area contributed by atoms with E-state index in [1.807, 2.05) is 0 Å². The minimum atomic E-state index is 0.250. The average molecular weight is 288 g/mol. The normalized spacial score (nSPS) is 10.2. The molecular weight excluding hydrogens is 246 g/mol. The molecule has 0 unspecified atom stereocenters. The van der Waals surface area contributed by atoms with Gasteiger partial charge in [0, 0.05) is 6.61 Å². The Balaban J connectivity index is 0. The predicted molar refractivity (Wildman–Crippen MR) is 92.1 cm³/mol. The number of hydrogen-bond acceptors (Lipinski definition) is 2. The summed E-state index contributed by atoms with van der Waals surface area (Å²) in [6, 6.07) is 0. The van der Waals surface area contributed by atoms with Crippen molar-refractivity contribution in [3.05, 3.63) is 0 Å². The highest BCUT2D eigenvalue weighted by atomic mass is 16.2. The van der Waals surface area contributed by atoms with Crippen molar-refractivity contribution in [1.29, 1.82) is 0 Å². The smallest absolute Gasteiger partial charge is 0.0402 e. The molecule has 0 amide bonds. The molecule has 0 radical (unpaired) electrons. The molecule has 0 spiro atoms. The van der Waals surface area contributed by atoms with Gasteiger partial charge in [0.05, 0.1) is 0 Å². The van der Waals surface area contributed by atoms with Crippen LogP contribution in [0, 0.1) is 0 Å². The van der Waals surface area contributed by atoms with Crippen LogP contribution in [0.3, 0.4) is 0 Å². The Kier molecular flexibility index (Phi) is 26.6. The van der Waals surface area contributed by atoms with E-state index in [9.17, 15) is 0 Å². The lowest BCUT2D eigenvalue weighted by Gasteiger charge is -2.02. The van der Waals surface area contributed by atoms with Gasteiger partial charge < -0.3 is 10.8 Å². The van der Waals surface area contributed by atoms with Gasteiger partial charge in [0.25, 0.3) is 0 Å². The quantitative estimate of drug-likeness (QED) is 0.419. The molecule has 0 aromatic heterocycles. The fourth-order valence-corrected chi connectivity index (χ4v) is 2.34. The van der Waals surface area contributed by atoms with Crippen LogP contribution in [0.5, 0.6) is 0 Å². The summed E-state index contributed by atoms with van der Waals surface area (Å²) >= 11 is 0. The van der Waals surface area contributed by atoms with Crippen LogP contribution >= 0.6 is 0 Å². The Morgan fingerprint density at radius 2 is 0.800 bits per heavy atom. The van der Waals surface area contributed by atoms with Gasteiger partial charge in [-0.05, 0) is 19.9 Å². The van der Waals surface area contributed by atoms with E-state index in [0.717, 1.165) is 6.54 Å². The maximum atomic E-state index is 7.57. The van der Waals surface area contributed by atoms with Crippen LogP contribution in [0.15, 0.2) is 0 Å². The largest absolute Gasteiger partial charge is 0.397 e. The van der Waals surface area contributed by atoms with E-state index in [-0.39, 0.29) is 6.61 Å². The van der Waals surface area contributed by atoms with Crippen LogP contribution in [-0.4, -0.2) is 18.3 Å². The summed E-state index contributed by atoms with van der Waals surface area (Å²) in [4.78, 5) is 0. The maximum absolute atomic E-state index is 7.57. The van der Waals surface area contributed by atoms with Gasteiger partial charge in [0.1, 0.15) is 0 Å². The zero-order chi connectivity index (χ0) is 15.3. The summed E-state index contributed by atoms with van der Waals surface area (Å²) in [6.45, 7) is 5.09. The lowest BCUT2D eigenvalue weighted by Crippen LogP contribution is -1.97. The molecule has 0 aliphatic heterocycles. The van der Waals surface area contributed by atoms with E-state index in [2.05, 4.69) is 6.92 Å². The van der Waals surface area contributed by atoms with Gasteiger partial charge >= 0.3 is 0 Å². The fraction of sp³-hybridized carbons (Fsp3) is 1.00. The molecule has 2 nitrogen and oxygen atoms in total. The van der Waals surface area contributed by atoms with Crippen molar-refractivity contribution < 1.29 is 5.11 Å². The molecule has 0 atom stereocenters. The molecule has 0 saturated carbocycles. The molecule has 124 valence electrons. The maximum Gasteiger partial charge on any atom is 0.0402 e. The number of aliphatic hydroxyl groups is 1. The van der Waals surface area contributed by atoms with E-state index in [4.69, 9.17) is 10.8 Å². The minimum Gasteiger partial charge on any atom is -0.397 e. The topological polar surface area (TPSA) is 46.2 Å². The number of hydrogen-bond donors (Lipinski definition) is 2. The lowest BCUT2D eigenvalue weighted by molar-refractivity contribution is 0.318. The van der Waals surface area contributed by atoms with Crippen molar-refractivity contribution in [2.45, 2.75) is 104 Å². The van der Waals surface area contributed by atoms with Gasteiger partial charge in [-0.25, -0.2) is 0 Å². The van der Waals surface area contributed by atoms with E-state index in [1.54, 1.807) is 6.92 Å². The summed E-state index contributed by atoms with van der Waals surface area (Å²) in [6.07, 6.45) is 19.9. The van der Waals surface area contributed by atoms with E-state index >= 15 is 0 Å². The highest BCUT2D eigenvalue weighted by molar-refractivity contribution is 4.49. The third kappa shape index (κ3) is 26.5. The van der Waals surface area contributed by atoms with E-state index in [0.29, 0.717) is 0 Å². The first-order chi connectivity index (χ1) is 9.83. The van der Waals surface area contributed by atoms with Crippen LogP contribution < -0.4 is 5.73 Å². The molecule has 0 heterocycles. The second-order valence-electron chi connectivity index (χ2n) is 5.70. The van der Waals surface area contributed by atoms with Crippen molar-refractivity contribution in [1.82, 2.24) is 0 Å².